The van der Waals surface area contributed by atoms with Crippen LogP contribution in [0, 0.1) is 0 Å². The van der Waals surface area contributed by atoms with E-state index in [2.05, 4.69) is 5.32 Å². The van der Waals surface area contributed by atoms with Crippen molar-refractivity contribution in [2.45, 2.75) is 12.5 Å². The van der Waals surface area contributed by atoms with Crippen LogP contribution < -0.4 is 14.8 Å². The van der Waals surface area contributed by atoms with Crippen LogP contribution in [0.25, 0.3) is 0 Å². The molecule has 0 saturated heterocycles. The summed E-state index contributed by atoms with van der Waals surface area (Å²) in [5.41, 5.74) is -0.268. The molecule has 118 valence electrons. The molecule has 0 amide bonds. The van der Waals surface area contributed by atoms with Crippen molar-refractivity contribution >= 4 is 5.97 Å². The van der Waals surface area contributed by atoms with E-state index in [1.165, 1.54) is 7.11 Å². The third-order valence-electron chi connectivity index (χ3n) is 3.34. The third-order valence-corrected chi connectivity index (χ3v) is 3.34. The van der Waals surface area contributed by atoms with Crippen molar-refractivity contribution in [2.75, 3.05) is 41.6 Å². The fourth-order valence-corrected chi connectivity index (χ4v) is 2.05. The minimum Gasteiger partial charge on any atom is -0.493 e. The minimum absolute atomic E-state index is 0.383. The van der Waals surface area contributed by atoms with Gasteiger partial charge in [0.25, 0.3) is 0 Å². The maximum Gasteiger partial charge on any atom is 0.330 e. The number of hydrogen-bond donors (Lipinski definition) is 1. The van der Waals surface area contributed by atoms with E-state index in [0.717, 1.165) is 5.56 Å². The standard InChI is InChI=1S/C15H23NO5/c1-15(14(17)21-5,16-8-9-18-2)11-6-7-12(19-3)13(10-11)20-4/h6-7,10,16H,8-9H2,1-5H3. The van der Waals surface area contributed by atoms with Crippen molar-refractivity contribution in [3.63, 3.8) is 0 Å². The van der Waals surface area contributed by atoms with Gasteiger partial charge in [-0.05, 0) is 24.6 Å². The molecule has 1 N–H and O–H groups in total. The molecule has 0 fully saturated rings. The summed E-state index contributed by atoms with van der Waals surface area (Å²) in [4.78, 5) is 12.2. The summed E-state index contributed by atoms with van der Waals surface area (Å²) in [5, 5.41) is 3.16. The molecule has 0 aromatic heterocycles. The largest absolute Gasteiger partial charge is 0.493 e. The van der Waals surface area contributed by atoms with E-state index in [4.69, 9.17) is 18.9 Å². The fourth-order valence-electron chi connectivity index (χ4n) is 2.05. The van der Waals surface area contributed by atoms with Gasteiger partial charge in [0.15, 0.2) is 11.5 Å². The Morgan fingerprint density at radius 3 is 2.33 bits per heavy atom. The van der Waals surface area contributed by atoms with Crippen molar-refractivity contribution in [3.05, 3.63) is 23.8 Å². The van der Waals surface area contributed by atoms with Gasteiger partial charge in [0, 0.05) is 13.7 Å². The van der Waals surface area contributed by atoms with Crippen LogP contribution in [-0.4, -0.2) is 47.6 Å². The fraction of sp³-hybridized carbons (Fsp3) is 0.533. The lowest BCUT2D eigenvalue weighted by molar-refractivity contribution is -0.148. The predicted octanol–water partition coefficient (Wildman–Crippen LogP) is 1.33. The second-order valence-corrected chi connectivity index (χ2v) is 4.61. The van der Waals surface area contributed by atoms with E-state index >= 15 is 0 Å². The first-order chi connectivity index (χ1) is 10.0. The summed E-state index contributed by atoms with van der Waals surface area (Å²) in [6, 6.07) is 5.32. The zero-order chi connectivity index (χ0) is 15.9. The molecule has 21 heavy (non-hydrogen) atoms. The van der Waals surface area contributed by atoms with Crippen molar-refractivity contribution < 1.29 is 23.7 Å². The van der Waals surface area contributed by atoms with Crippen LogP contribution in [0.5, 0.6) is 11.5 Å². The van der Waals surface area contributed by atoms with E-state index in [0.29, 0.717) is 24.7 Å². The average Bonchev–Trinajstić information content (AvgIpc) is 2.53. The molecule has 1 atom stereocenters. The summed E-state index contributed by atoms with van der Waals surface area (Å²) in [6.45, 7) is 2.76. The molecule has 0 aliphatic carbocycles. The van der Waals surface area contributed by atoms with E-state index in [1.54, 1.807) is 46.5 Å². The first-order valence-electron chi connectivity index (χ1n) is 6.58. The van der Waals surface area contributed by atoms with Gasteiger partial charge in [0.2, 0.25) is 0 Å². The van der Waals surface area contributed by atoms with Gasteiger partial charge in [-0.15, -0.1) is 0 Å². The van der Waals surface area contributed by atoms with Gasteiger partial charge < -0.3 is 18.9 Å². The molecule has 1 unspecified atom stereocenters. The molecular formula is C15H23NO5. The zero-order valence-electron chi connectivity index (χ0n) is 13.2. The van der Waals surface area contributed by atoms with Crippen LogP contribution in [0.2, 0.25) is 0 Å². The van der Waals surface area contributed by atoms with E-state index in [9.17, 15) is 4.79 Å². The topological polar surface area (TPSA) is 66.0 Å². The molecule has 0 saturated carbocycles. The van der Waals surface area contributed by atoms with Gasteiger partial charge in [-0.3, -0.25) is 5.32 Å². The number of nitrogens with one attached hydrogen (secondary N) is 1. The molecular weight excluding hydrogens is 274 g/mol. The Labute approximate surface area is 125 Å². The first kappa shape index (κ1) is 17.3. The number of benzene rings is 1. The second kappa shape index (κ2) is 7.85. The predicted molar refractivity (Wildman–Crippen MR) is 78.8 cm³/mol. The second-order valence-electron chi connectivity index (χ2n) is 4.61. The maximum absolute atomic E-state index is 12.2. The van der Waals surface area contributed by atoms with Gasteiger partial charge in [0.05, 0.1) is 27.9 Å². The third kappa shape index (κ3) is 3.86. The molecule has 0 aliphatic heterocycles. The van der Waals surface area contributed by atoms with Crippen LogP contribution in [-0.2, 0) is 19.8 Å². The Balaban J connectivity index is 3.16. The van der Waals surface area contributed by atoms with Gasteiger partial charge in [-0.1, -0.05) is 6.07 Å². The van der Waals surface area contributed by atoms with Crippen molar-refractivity contribution in [1.29, 1.82) is 0 Å². The molecule has 1 rings (SSSR count). The maximum atomic E-state index is 12.2. The highest BCUT2D eigenvalue weighted by Crippen LogP contribution is 2.32. The van der Waals surface area contributed by atoms with Crippen molar-refractivity contribution in [2.24, 2.45) is 0 Å². The van der Waals surface area contributed by atoms with Crippen LogP contribution in [0.3, 0.4) is 0 Å². The van der Waals surface area contributed by atoms with Crippen LogP contribution in [0.4, 0.5) is 0 Å². The first-order valence-corrected chi connectivity index (χ1v) is 6.58. The number of rotatable bonds is 8. The molecule has 0 aliphatic rings. The summed E-state index contributed by atoms with van der Waals surface area (Å²) in [6.07, 6.45) is 0. The number of ether oxygens (including phenoxy) is 4. The van der Waals surface area contributed by atoms with E-state index < -0.39 is 5.54 Å². The van der Waals surface area contributed by atoms with Gasteiger partial charge in [0.1, 0.15) is 5.54 Å². The summed E-state index contributed by atoms with van der Waals surface area (Å²) < 4.78 is 20.4. The normalized spacial score (nSPS) is 13.4. The molecule has 0 radical (unpaired) electrons. The highest BCUT2D eigenvalue weighted by atomic mass is 16.5. The Hall–Kier alpha value is -1.79. The average molecular weight is 297 g/mol. The van der Waals surface area contributed by atoms with Gasteiger partial charge in [-0.2, -0.15) is 0 Å². The van der Waals surface area contributed by atoms with Crippen LogP contribution >= 0.6 is 0 Å². The van der Waals surface area contributed by atoms with Crippen LogP contribution in [0.1, 0.15) is 12.5 Å². The van der Waals surface area contributed by atoms with E-state index in [1.807, 2.05) is 0 Å². The number of esters is 1. The van der Waals surface area contributed by atoms with E-state index in [-0.39, 0.29) is 5.97 Å². The van der Waals surface area contributed by atoms with Crippen molar-refractivity contribution in [3.8, 4) is 11.5 Å². The Bertz CT molecular complexity index is 477. The smallest absolute Gasteiger partial charge is 0.330 e. The number of carbonyl (C=O) groups excluding carboxylic acids is 1. The molecule has 6 nitrogen and oxygen atoms in total. The Kier molecular flexibility index (Phi) is 6.45. The Morgan fingerprint density at radius 1 is 1.14 bits per heavy atom. The SMILES string of the molecule is COCCNC(C)(C(=O)OC)c1ccc(OC)c(OC)c1. The molecule has 1 aromatic carbocycles. The number of hydrogen-bond acceptors (Lipinski definition) is 6. The molecule has 0 heterocycles. The monoisotopic (exact) mass is 297 g/mol. The van der Waals surface area contributed by atoms with Crippen LogP contribution in [0.15, 0.2) is 18.2 Å². The lowest BCUT2D eigenvalue weighted by Gasteiger charge is -2.29. The molecule has 6 heteroatoms. The summed E-state index contributed by atoms with van der Waals surface area (Å²) in [7, 11) is 6.08. The lowest BCUT2D eigenvalue weighted by atomic mass is 9.91. The number of methoxy groups -OCH3 is 4. The van der Waals surface area contributed by atoms with Crippen molar-refractivity contribution in [1.82, 2.24) is 5.32 Å². The van der Waals surface area contributed by atoms with Gasteiger partial charge >= 0.3 is 5.97 Å². The molecule has 0 spiro atoms. The number of carbonyl (C=O) groups is 1. The van der Waals surface area contributed by atoms with Gasteiger partial charge in [-0.25, -0.2) is 4.79 Å². The molecule has 0 bridgehead atoms. The molecule has 1 aromatic rings. The highest BCUT2D eigenvalue weighted by molar-refractivity contribution is 5.82. The minimum atomic E-state index is -0.993. The quantitative estimate of drug-likeness (QED) is 0.577. The summed E-state index contributed by atoms with van der Waals surface area (Å²) >= 11 is 0. The lowest BCUT2D eigenvalue weighted by Crippen LogP contribution is -2.48. The summed E-state index contributed by atoms with van der Waals surface area (Å²) in [5.74, 6) is 0.773. The zero-order valence-corrected chi connectivity index (χ0v) is 13.2. The Morgan fingerprint density at radius 2 is 1.81 bits per heavy atom. The highest BCUT2D eigenvalue weighted by Gasteiger charge is 2.36.